The second kappa shape index (κ2) is 10.2. The fourth-order valence-corrected chi connectivity index (χ4v) is 4.77. The quantitative estimate of drug-likeness (QED) is 0.510. The second-order valence-corrected chi connectivity index (χ2v) is 8.19. The number of halogens is 1. The monoisotopic (exact) mass is 466 g/mol. The minimum atomic E-state index is -0.408. The number of amides is 1. The number of hydrogen-bond donors (Lipinski definition) is 1. The Morgan fingerprint density at radius 3 is 2.46 bits per heavy atom. The number of anilines is 1. The van der Waals surface area contributed by atoms with Gasteiger partial charge in [0.1, 0.15) is 11.4 Å². The molecule has 1 aliphatic heterocycles. The summed E-state index contributed by atoms with van der Waals surface area (Å²) in [5, 5.41) is 4.86. The van der Waals surface area contributed by atoms with Gasteiger partial charge in [-0.05, 0) is 37.1 Å². The van der Waals surface area contributed by atoms with E-state index in [1.54, 1.807) is 0 Å². The number of ether oxygens (including phenoxy) is 1. The summed E-state index contributed by atoms with van der Waals surface area (Å²) in [5.74, 6) is -0.450. The third-order valence-corrected chi connectivity index (χ3v) is 6.29. The number of rotatable bonds is 6. The van der Waals surface area contributed by atoms with E-state index in [1.807, 2.05) is 30.5 Å². The zero-order chi connectivity index (χ0) is 19.3. The van der Waals surface area contributed by atoms with Gasteiger partial charge in [-0.25, -0.2) is 4.79 Å². The highest BCUT2D eigenvalue weighted by molar-refractivity contribution is 7.12. The van der Waals surface area contributed by atoms with Gasteiger partial charge < -0.3 is 31.5 Å². The Kier molecular flexibility index (Phi) is 8.22. The maximum atomic E-state index is 12.9. The van der Waals surface area contributed by atoms with Crippen molar-refractivity contribution in [2.45, 2.75) is 32.7 Å². The predicted octanol–water partition coefficient (Wildman–Crippen LogP) is 0.987. The van der Waals surface area contributed by atoms with E-state index in [0.29, 0.717) is 17.1 Å². The summed E-state index contributed by atoms with van der Waals surface area (Å²) in [5.41, 5.74) is 2.74. The molecule has 1 saturated heterocycles. The van der Waals surface area contributed by atoms with Crippen molar-refractivity contribution in [1.29, 1.82) is 0 Å². The number of hydrogen-bond acceptors (Lipinski definition) is 4. The topological polar surface area (TPSA) is 55.4 Å². The number of benzene rings is 1. The Bertz CT molecular complexity index is 801. The van der Waals surface area contributed by atoms with E-state index in [9.17, 15) is 9.59 Å². The number of thiophene rings is 1. The van der Waals surface area contributed by atoms with Gasteiger partial charge in [0.2, 0.25) is 0 Å². The van der Waals surface area contributed by atoms with Crippen LogP contribution in [0.2, 0.25) is 0 Å². The van der Waals surface area contributed by atoms with Crippen LogP contribution < -0.4 is 22.3 Å². The van der Waals surface area contributed by atoms with Crippen LogP contribution in [0.1, 0.15) is 40.1 Å². The number of carbonyl (C=O) groups is 2. The van der Waals surface area contributed by atoms with E-state index in [-0.39, 0.29) is 22.9 Å². The van der Waals surface area contributed by atoms with Gasteiger partial charge in [0.05, 0.1) is 25.9 Å². The van der Waals surface area contributed by atoms with Crippen molar-refractivity contribution in [3.05, 3.63) is 51.7 Å². The molecule has 1 aromatic carbocycles. The zero-order valence-corrected chi connectivity index (χ0v) is 18.8. The number of esters is 1. The van der Waals surface area contributed by atoms with Gasteiger partial charge in [-0.1, -0.05) is 30.3 Å². The highest BCUT2D eigenvalue weighted by Gasteiger charge is 2.33. The van der Waals surface area contributed by atoms with Crippen molar-refractivity contribution < 1.29 is 35.8 Å². The Labute approximate surface area is 181 Å². The molecule has 0 saturated carbocycles. The molecule has 1 aliphatic rings. The van der Waals surface area contributed by atoms with Crippen LogP contribution in [0.5, 0.6) is 0 Å². The summed E-state index contributed by atoms with van der Waals surface area (Å²) in [4.78, 5) is 25.3. The second-order valence-electron chi connectivity index (χ2n) is 7.31. The summed E-state index contributed by atoms with van der Waals surface area (Å²) in [7, 11) is 1.36. The van der Waals surface area contributed by atoms with Crippen LogP contribution >= 0.6 is 11.3 Å². The zero-order valence-electron chi connectivity index (χ0n) is 16.4. The van der Waals surface area contributed by atoms with Gasteiger partial charge in [0.25, 0.3) is 5.91 Å². The average molecular weight is 467 g/mol. The Hall–Kier alpha value is -1.70. The normalized spacial score (nSPS) is 15.4. The number of carbonyl (C=O) groups excluding carboxylic acids is 2. The molecule has 152 valence electrons. The van der Waals surface area contributed by atoms with Gasteiger partial charge in [-0.2, -0.15) is 0 Å². The molecule has 1 amide bonds. The summed E-state index contributed by atoms with van der Waals surface area (Å²) in [6.45, 7) is 5.20. The highest BCUT2D eigenvalue weighted by Crippen LogP contribution is 2.29. The van der Waals surface area contributed by atoms with Gasteiger partial charge in [-0.15, -0.1) is 11.3 Å². The van der Waals surface area contributed by atoms with Crippen molar-refractivity contribution in [3.63, 3.8) is 0 Å². The van der Waals surface area contributed by atoms with Crippen LogP contribution in [0.25, 0.3) is 0 Å². The Morgan fingerprint density at radius 2 is 1.82 bits per heavy atom. The van der Waals surface area contributed by atoms with E-state index < -0.39 is 5.97 Å². The van der Waals surface area contributed by atoms with E-state index in [4.69, 9.17) is 4.74 Å². The van der Waals surface area contributed by atoms with E-state index in [1.165, 1.54) is 30.4 Å². The van der Waals surface area contributed by atoms with Crippen LogP contribution in [0.3, 0.4) is 0 Å². The predicted molar refractivity (Wildman–Crippen MR) is 108 cm³/mol. The van der Waals surface area contributed by atoms with Crippen LogP contribution in [0.15, 0.2) is 35.7 Å². The van der Waals surface area contributed by atoms with Crippen LogP contribution in [-0.2, 0) is 16.1 Å². The molecular formula is C21H27BrN2O3S. The molecule has 7 heteroatoms. The Morgan fingerprint density at radius 1 is 1.14 bits per heavy atom. The summed E-state index contributed by atoms with van der Waals surface area (Å²) in [6, 6.07) is 10.4. The molecule has 1 N–H and O–H groups in total. The molecule has 0 unspecified atom stereocenters. The van der Waals surface area contributed by atoms with E-state index >= 15 is 0 Å². The molecule has 0 atom stereocenters. The van der Waals surface area contributed by atoms with Gasteiger partial charge in [0.15, 0.2) is 6.54 Å². The van der Waals surface area contributed by atoms with Crippen LogP contribution in [0, 0.1) is 6.92 Å². The van der Waals surface area contributed by atoms with Crippen molar-refractivity contribution in [2.75, 3.05) is 32.1 Å². The summed E-state index contributed by atoms with van der Waals surface area (Å²) in [6.07, 6.45) is 3.52. The average Bonchev–Trinajstić information content (AvgIpc) is 3.03. The number of likely N-dealkylation sites (tertiary alicyclic amines) is 1. The molecule has 3 rings (SSSR count). The number of aryl methyl sites for hydroxylation is 1. The maximum Gasteiger partial charge on any atom is 0.350 e. The first kappa shape index (κ1) is 22.6. The largest absolute Gasteiger partial charge is 1.00 e. The third kappa shape index (κ3) is 5.43. The number of nitrogens with one attached hydrogen (secondary N) is 1. The number of quaternary nitrogens is 1. The molecule has 2 aromatic rings. The summed E-state index contributed by atoms with van der Waals surface area (Å²) < 4.78 is 5.61. The maximum absolute atomic E-state index is 12.9. The van der Waals surface area contributed by atoms with E-state index in [0.717, 1.165) is 42.5 Å². The summed E-state index contributed by atoms with van der Waals surface area (Å²) >= 11 is 1.30. The van der Waals surface area contributed by atoms with Gasteiger partial charge in [0, 0.05) is 5.56 Å². The molecule has 0 aliphatic carbocycles. The minimum Gasteiger partial charge on any atom is -1.00 e. The van der Waals surface area contributed by atoms with E-state index in [2.05, 4.69) is 17.4 Å². The lowest BCUT2D eigenvalue weighted by Gasteiger charge is -2.41. The number of nitrogens with zero attached hydrogens (tertiary/aromatic N) is 1. The molecule has 1 fully saturated rings. The molecule has 5 nitrogen and oxygen atoms in total. The van der Waals surface area contributed by atoms with Crippen molar-refractivity contribution >= 4 is 28.9 Å². The fraction of sp³-hybridized carbons (Fsp3) is 0.429. The van der Waals surface area contributed by atoms with Gasteiger partial charge >= 0.3 is 5.97 Å². The molecule has 0 spiro atoms. The standard InChI is InChI=1S/C21H26N2O3S.BrH/c1-16-15-27-20(21(25)26-2)19(16)22-18(24)14-23(11-7-4-8-12-23)13-17-9-5-3-6-10-17;/h3,5-6,9-10,15H,4,7-8,11-14H2,1-2H3;1H. The molecule has 1 aromatic heterocycles. The van der Waals surface area contributed by atoms with Crippen LogP contribution in [-0.4, -0.2) is 43.1 Å². The smallest absolute Gasteiger partial charge is 0.350 e. The van der Waals surface area contributed by atoms with Crippen molar-refractivity contribution in [1.82, 2.24) is 0 Å². The minimum absolute atomic E-state index is 0. The first-order chi connectivity index (χ1) is 13.0. The Balaban J connectivity index is 0.00000280. The van der Waals surface area contributed by atoms with Crippen molar-refractivity contribution in [3.8, 4) is 0 Å². The molecule has 28 heavy (non-hydrogen) atoms. The van der Waals surface area contributed by atoms with Crippen molar-refractivity contribution in [2.24, 2.45) is 0 Å². The lowest BCUT2D eigenvalue weighted by Crippen LogP contribution is -3.00. The first-order valence-electron chi connectivity index (χ1n) is 9.38. The lowest BCUT2D eigenvalue weighted by atomic mass is 10.0. The lowest BCUT2D eigenvalue weighted by molar-refractivity contribution is -0.937. The van der Waals surface area contributed by atoms with Crippen LogP contribution in [0.4, 0.5) is 5.69 Å². The fourth-order valence-electron chi connectivity index (χ4n) is 3.85. The molecule has 2 heterocycles. The molecule has 0 radical (unpaired) electrons. The number of methoxy groups -OCH3 is 1. The van der Waals surface area contributed by atoms with Gasteiger partial charge in [-0.3, -0.25) is 4.79 Å². The third-order valence-electron chi connectivity index (χ3n) is 5.21. The first-order valence-corrected chi connectivity index (χ1v) is 10.3. The SMILES string of the molecule is COC(=O)c1scc(C)c1NC(=O)C[N+]1(Cc2ccccc2)CCCCC1.[Br-]. The molecule has 0 bridgehead atoms. The molecular weight excluding hydrogens is 440 g/mol. The highest BCUT2D eigenvalue weighted by atomic mass is 79.9. The number of piperidine rings is 1.